The zero-order valence-corrected chi connectivity index (χ0v) is 12.6. The highest BCUT2D eigenvalue weighted by molar-refractivity contribution is 6.06. The van der Waals surface area contributed by atoms with E-state index >= 15 is 0 Å². The van der Waals surface area contributed by atoms with E-state index in [1.807, 2.05) is 24.3 Å². The van der Waals surface area contributed by atoms with E-state index in [-0.39, 0.29) is 23.7 Å². The second kappa shape index (κ2) is 5.02. The lowest BCUT2D eigenvalue weighted by atomic mass is 9.76. The first kappa shape index (κ1) is 13.9. The van der Waals surface area contributed by atoms with Crippen molar-refractivity contribution in [3.63, 3.8) is 0 Å². The number of rotatable bonds is 2. The predicted octanol–water partition coefficient (Wildman–Crippen LogP) is 2.49. The van der Waals surface area contributed by atoms with Gasteiger partial charge in [-0.2, -0.15) is 0 Å². The maximum Gasteiger partial charge on any atom is 0.233 e. The molecule has 4 heteroatoms. The number of allylic oxidation sites excluding steroid dienone is 2. The van der Waals surface area contributed by atoms with Crippen molar-refractivity contribution in [2.75, 3.05) is 14.2 Å². The summed E-state index contributed by atoms with van der Waals surface area (Å²) in [6.45, 7) is 2.06. The minimum absolute atomic E-state index is 0.0295. The molecule has 1 fully saturated rings. The van der Waals surface area contributed by atoms with E-state index in [9.17, 15) is 9.59 Å². The number of ether oxygens (including phenoxy) is 1. The van der Waals surface area contributed by atoms with Crippen LogP contribution in [0.5, 0.6) is 5.75 Å². The van der Waals surface area contributed by atoms with Gasteiger partial charge in [-0.25, -0.2) is 0 Å². The molecule has 21 heavy (non-hydrogen) atoms. The van der Waals surface area contributed by atoms with Gasteiger partial charge in [0.1, 0.15) is 5.75 Å². The molecule has 2 atom stereocenters. The molecule has 3 rings (SSSR count). The SMILES string of the molecule is COc1ccc(C2=C(C)C[C@@H]3C(=O)N(C)C(=O)[C@@H]3C2)cc1. The predicted molar refractivity (Wildman–Crippen MR) is 79.6 cm³/mol. The Morgan fingerprint density at radius 3 is 2.19 bits per heavy atom. The van der Waals surface area contributed by atoms with Crippen molar-refractivity contribution in [1.29, 1.82) is 0 Å². The Bertz CT molecular complexity index is 630. The molecule has 0 aromatic heterocycles. The molecule has 0 unspecified atom stereocenters. The summed E-state index contributed by atoms with van der Waals surface area (Å²) >= 11 is 0. The van der Waals surface area contributed by atoms with Crippen molar-refractivity contribution in [3.8, 4) is 5.75 Å². The van der Waals surface area contributed by atoms with Crippen LogP contribution in [0.4, 0.5) is 0 Å². The molecule has 0 spiro atoms. The van der Waals surface area contributed by atoms with E-state index < -0.39 is 0 Å². The molecule has 0 saturated carbocycles. The van der Waals surface area contributed by atoms with Crippen LogP contribution in [-0.4, -0.2) is 30.9 Å². The van der Waals surface area contributed by atoms with Gasteiger partial charge < -0.3 is 4.74 Å². The van der Waals surface area contributed by atoms with E-state index in [4.69, 9.17) is 4.74 Å². The first-order valence-corrected chi connectivity index (χ1v) is 7.17. The van der Waals surface area contributed by atoms with Crippen molar-refractivity contribution in [1.82, 2.24) is 4.90 Å². The topological polar surface area (TPSA) is 46.6 Å². The average Bonchev–Trinajstić information content (AvgIpc) is 2.71. The van der Waals surface area contributed by atoms with Gasteiger partial charge in [-0.05, 0) is 43.0 Å². The first-order valence-electron chi connectivity index (χ1n) is 7.17. The molecule has 1 heterocycles. The number of fused-ring (bicyclic) bond motifs is 1. The van der Waals surface area contributed by atoms with E-state index in [1.165, 1.54) is 16.0 Å². The molecule has 2 amide bonds. The van der Waals surface area contributed by atoms with Crippen LogP contribution in [0.3, 0.4) is 0 Å². The maximum absolute atomic E-state index is 12.2. The summed E-state index contributed by atoms with van der Waals surface area (Å²) in [7, 11) is 3.23. The van der Waals surface area contributed by atoms with Crippen molar-refractivity contribution >= 4 is 17.4 Å². The summed E-state index contributed by atoms with van der Waals surface area (Å²) in [6.07, 6.45) is 1.33. The first-order chi connectivity index (χ1) is 10.0. The van der Waals surface area contributed by atoms with E-state index in [1.54, 1.807) is 14.2 Å². The zero-order valence-electron chi connectivity index (χ0n) is 12.6. The van der Waals surface area contributed by atoms with Crippen LogP contribution < -0.4 is 4.74 Å². The summed E-state index contributed by atoms with van der Waals surface area (Å²) in [4.78, 5) is 25.6. The Labute approximate surface area is 124 Å². The highest BCUT2D eigenvalue weighted by Gasteiger charge is 2.47. The number of benzene rings is 1. The standard InChI is InChI=1S/C17H19NO3/c1-10-8-14-15(17(20)18(2)16(14)19)9-13(10)11-4-6-12(21-3)7-5-11/h4-7,14-15H,8-9H2,1-3H3/t14-,15+/m0/s1. The molecule has 4 nitrogen and oxygen atoms in total. The van der Waals surface area contributed by atoms with Gasteiger partial charge in [0.25, 0.3) is 0 Å². The van der Waals surface area contributed by atoms with Crippen LogP contribution in [0.1, 0.15) is 25.3 Å². The summed E-state index contributed by atoms with van der Waals surface area (Å²) in [5.74, 6) is 0.395. The number of hydrogen-bond donors (Lipinski definition) is 0. The smallest absolute Gasteiger partial charge is 0.233 e. The fourth-order valence-corrected chi connectivity index (χ4v) is 3.41. The number of methoxy groups -OCH3 is 1. The second-order valence-corrected chi connectivity index (χ2v) is 5.84. The van der Waals surface area contributed by atoms with Gasteiger partial charge in [-0.15, -0.1) is 0 Å². The Balaban J connectivity index is 1.93. The molecular formula is C17H19NO3. The highest BCUT2D eigenvalue weighted by Crippen LogP contribution is 2.43. The molecule has 0 radical (unpaired) electrons. The molecular weight excluding hydrogens is 266 g/mol. The third-order valence-corrected chi connectivity index (χ3v) is 4.69. The molecule has 110 valence electrons. The molecule has 0 bridgehead atoms. The summed E-state index contributed by atoms with van der Waals surface area (Å²) in [5.41, 5.74) is 3.51. The molecule has 1 aliphatic heterocycles. The molecule has 2 aliphatic rings. The van der Waals surface area contributed by atoms with E-state index in [0.717, 1.165) is 11.3 Å². The van der Waals surface area contributed by atoms with Crippen LogP contribution in [0.2, 0.25) is 0 Å². The number of hydrogen-bond acceptors (Lipinski definition) is 3. The quantitative estimate of drug-likeness (QED) is 0.784. The number of likely N-dealkylation sites (tertiary alicyclic amines) is 1. The van der Waals surface area contributed by atoms with Crippen molar-refractivity contribution in [2.24, 2.45) is 11.8 Å². The number of carbonyl (C=O) groups is 2. The van der Waals surface area contributed by atoms with Gasteiger partial charge in [-0.1, -0.05) is 17.7 Å². The number of imide groups is 1. The lowest BCUT2D eigenvalue weighted by molar-refractivity contribution is -0.138. The van der Waals surface area contributed by atoms with Crippen LogP contribution >= 0.6 is 0 Å². The van der Waals surface area contributed by atoms with Gasteiger partial charge in [0.15, 0.2) is 0 Å². The monoisotopic (exact) mass is 285 g/mol. The highest BCUT2D eigenvalue weighted by atomic mass is 16.5. The second-order valence-electron chi connectivity index (χ2n) is 5.84. The summed E-state index contributed by atoms with van der Waals surface area (Å²) in [5, 5.41) is 0. The van der Waals surface area contributed by atoms with Gasteiger partial charge in [0.05, 0.1) is 18.9 Å². The van der Waals surface area contributed by atoms with Crippen LogP contribution in [0, 0.1) is 11.8 Å². The molecule has 1 aromatic rings. The molecule has 0 N–H and O–H groups in total. The average molecular weight is 285 g/mol. The van der Waals surface area contributed by atoms with Crippen molar-refractivity contribution in [3.05, 3.63) is 35.4 Å². The van der Waals surface area contributed by atoms with Gasteiger partial charge in [0, 0.05) is 7.05 Å². The lowest BCUT2D eigenvalue weighted by Crippen LogP contribution is -2.26. The fourth-order valence-electron chi connectivity index (χ4n) is 3.41. The molecule has 1 saturated heterocycles. The van der Waals surface area contributed by atoms with Crippen molar-refractivity contribution in [2.45, 2.75) is 19.8 Å². The largest absolute Gasteiger partial charge is 0.497 e. The summed E-state index contributed by atoms with van der Waals surface area (Å²) < 4.78 is 5.18. The normalized spacial score (nSPS) is 25.4. The fraction of sp³-hybridized carbons (Fsp3) is 0.412. The van der Waals surface area contributed by atoms with Gasteiger partial charge >= 0.3 is 0 Å². The maximum atomic E-state index is 12.2. The van der Waals surface area contributed by atoms with Crippen molar-refractivity contribution < 1.29 is 14.3 Å². The number of nitrogens with zero attached hydrogens (tertiary/aromatic N) is 1. The number of carbonyl (C=O) groups excluding carboxylic acids is 2. The Morgan fingerprint density at radius 2 is 1.62 bits per heavy atom. The van der Waals surface area contributed by atoms with Crippen LogP contribution in [0.25, 0.3) is 5.57 Å². The Hall–Kier alpha value is -2.10. The van der Waals surface area contributed by atoms with Gasteiger partial charge in [0.2, 0.25) is 11.8 Å². The Morgan fingerprint density at radius 1 is 1.05 bits per heavy atom. The number of amides is 2. The van der Waals surface area contributed by atoms with E-state index in [0.29, 0.717) is 12.8 Å². The third-order valence-electron chi connectivity index (χ3n) is 4.69. The minimum Gasteiger partial charge on any atom is -0.497 e. The Kier molecular flexibility index (Phi) is 3.32. The molecule has 1 aliphatic carbocycles. The minimum atomic E-state index is -0.191. The lowest BCUT2D eigenvalue weighted by Gasteiger charge is -2.26. The van der Waals surface area contributed by atoms with Crippen LogP contribution in [-0.2, 0) is 9.59 Å². The van der Waals surface area contributed by atoms with Gasteiger partial charge in [-0.3, -0.25) is 14.5 Å². The third kappa shape index (κ3) is 2.15. The van der Waals surface area contributed by atoms with E-state index in [2.05, 4.69) is 6.92 Å². The molecule has 1 aromatic carbocycles. The van der Waals surface area contributed by atoms with Crippen LogP contribution in [0.15, 0.2) is 29.8 Å². The zero-order chi connectivity index (χ0) is 15.1. The summed E-state index contributed by atoms with van der Waals surface area (Å²) in [6, 6.07) is 7.89.